The van der Waals surface area contributed by atoms with Crippen molar-refractivity contribution in [2.75, 3.05) is 7.11 Å². The normalized spacial score (nSPS) is 11.5. The molecule has 114 valence electrons. The van der Waals surface area contributed by atoms with Crippen LogP contribution in [0.2, 0.25) is 0 Å². The average Bonchev–Trinajstić information content (AvgIpc) is 2.55. The summed E-state index contributed by atoms with van der Waals surface area (Å²) in [6, 6.07) is 10.9. The zero-order valence-corrected chi connectivity index (χ0v) is 12.0. The molecule has 1 amide bonds. The third-order valence-electron chi connectivity index (χ3n) is 3.07. The van der Waals surface area contributed by atoms with Crippen LogP contribution in [0.1, 0.15) is 16.1 Å². The van der Waals surface area contributed by atoms with Gasteiger partial charge in [-0.05, 0) is 29.8 Å². The first kappa shape index (κ1) is 15.5. The highest BCUT2D eigenvalue weighted by atomic mass is 16.5. The van der Waals surface area contributed by atoms with Crippen molar-refractivity contribution < 1.29 is 19.4 Å². The van der Waals surface area contributed by atoms with Crippen molar-refractivity contribution in [3.63, 3.8) is 0 Å². The minimum absolute atomic E-state index is 0.158. The van der Waals surface area contributed by atoms with Gasteiger partial charge in [0.25, 0.3) is 5.91 Å². The summed E-state index contributed by atoms with van der Waals surface area (Å²) in [6.07, 6.45) is 1.64. The Kier molecular flexibility index (Phi) is 5.08. The van der Waals surface area contributed by atoms with E-state index in [-0.39, 0.29) is 12.1 Å². The van der Waals surface area contributed by atoms with E-state index in [0.29, 0.717) is 5.75 Å². The molecule has 0 aliphatic rings. The maximum Gasteiger partial charge on any atom is 0.326 e. The molecule has 0 aliphatic heterocycles. The molecule has 22 heavy (non-hydrogen) atoms. The fourth-order valence-corrected chi connectivity index (χ4v) is 1.96. The number of methoxy groups -OCH3 is 1. The third-order valence-corrected chi connectivity index (χ3v) is 3.07. The van der Waals surface area contributed by atoms with E-state index in [2.05, 4.69) is 10.3 Å². The Morgan fingerprint density at radius 3 is 2.73 bits per heavy atom. The predicted molar refractivity (Wildman–Crippen MR) is 79.8 cm³/mol. The van der Waals surface area contributed by atoms with Crippen LogP contribution in [0.4, 0.5) is 0 Å². The number of nitrogens with one attached hydrogen (secondary N) is 1. The fraction of sp³-hybridized carbons (Fsp3) is 0.188. The first-order valence-electron chi connectivity index (χ1n) is 6.68. The van der Waals surface area contributed by atoms with E-state index in [4.69, 9.17) is 4.74 Å². The molecule has 2 N–H and O–H groups in total. The van der Waals surface area contributed by atoms with Gasteiger partial charge >= 0.3 is 5.97 Å². The molecule has 1 atom stereocenters. The SMILES string of the molecule is COc1cccc(C[C@@H](NC(=O)c2ccccn2)C(=O)O)c1. The van der Waals surface area contributed by atoms with Crippen LogP contribution >= 0.6 is 0 Å². The molecular weight excluding hydrogens is 284 g/mol. The van der Waals surface area contributed by atoms with Gasteiger partial charge in [-0.1, -0.05) is 18.2 Å². The molecule has 2 rings (SSSR count). The molecule has 1 aromatic carbocycles. The van der Waals surface area contributed by atoms with Crippen molar-refractivity contribution in [1.29, 1.82) is 0 Å². The zero-order chi connectivity index (χ0) is 15.9. The second-order valence-corrected chi connectivity index (χ2v) is 4.63. The van der Waals surface area contributed by atoms with Crippen molar-refractivity contribution in [3.8, 4) is 5.75 Å². The van der Waals surface area contributed by atoms with E-state index in [1.54, 1.807) is 36.4 Å². The van der Waals surface area contributed by atoms with Crippen molar-refractivity contribution in [3.05, 3.63) is 59.9 Å². The lowest BCUT2D eigenvalue weighted by atomic mass is 10.1. The van der Waals surface area contributed by atoms with Gasteiger partial charge in [-0.25, -0.2) is 4.79 Å². The summed E-state index contributed by atoms with van der Waals surface area (Å²) in [6.45, 7) is 0. The van der Waals surface area contributed by atoms with Crippen molar-refractivity contribution in [1.82, 2.24) is 10.3 Å². The lowest BCUT2D eigenvalue weighted by molar-refractivity contribution is -0.139. The summed E-state index contributed by atoms with van der Waals surface area (Å²) >= 11 is 0. The number of pyridine rings is 1. The van der Waals surface area contributed by atoms with E-state index >= 15 is 0 Å². The Bertz CT molecular complexity index is 658. The number of aliphatic carboxylic acids is 1. The minimum Gasteiger partial charge on any atom is -0.497 e. The number of hydrogen-bond acceptors (Lipinski definition) is 4. The molecule has 0 spiro atoms. The van der Waals surface area contributed by atoms with E-state index in [9.17, 15) is 14.7 Å². The molecule has 1 heterocycles. The summed E-state index contributed by atoms with van der Waals surface area (Å²) in [4.78, 5) is 27.3. The first-order chi connectivity index (χ1) is 10.6. The number of aromatic nitrogens is 1. The quantitative estimate of drug-likeness (QED) is 0.844. The summed E-state index contributed by atoms with van der Waals surface area (Å²) < 4.78 is 5.10. The Morgan fingerprint density at radius 1 is 1.27 bits per heavy atom. The molecule has 2 aromatic rings. The molecule has 6 heteroatoms. The largest absolute Gasteiger partial charge is 0.497 e. The third kappa shape index (κ3) is 4.05. The zero-order valence-electron chi connectivity index (χ0n) is 12.0. The monoisotopic (exact) mass is 300 g/mol. The molecule has 1 aromatic heterocycles. The molecule has 0 radical (unpaired) electrons. The van der Waals surface area contributed by atoms with Gasteiger partial charge in [0.05, 0.1) is 7.11 Å². The van der Waals surface area contributed by atoms with Gasteiger partial charge < -0.3 is 15.2 Å². The van der Waals surface area contributed by atoms with Crippen molar-refractivity contribution in [2.45, 2.75) is 12.5 Å². The number of carbonyl (C=O) groups excluding carboxylic acids is 1. The molecule has 0 saturated heterocycles. The van der Waals surface area contributed by atoms with Gasteiger partial charge in [-0.15, -0.1) is 0 Å². The van der Waals surface area contributed by atoms with Crippen molar-refractivity contribution >= 4 is 11.9 Å². The Morgan fingerprint density at radius 2 is 2.09 bits per heavy atom. The number of carbonyl (C=O) groups is 2. The molecule has 0 unspecified atom stereocenters. The average molecular weight is 300 g/mol. The van der Waals surface area contributed by atoms with Crippen LogP contribution in [0.15, 0.2) is 48.7 Å². The fourth-order valence-electron chi connectivity index (χ4n) is 1.96. The number of nitrogens with zero attached hydrogens (tertiary/aromatic N) is 1. The second-order valence-electron chi connectivity index (χ2n) is 4.63. The van der Waals surface area contributed by atoms with Gasteiger partial charge in [0.1, 0.15) is 17.5 Å². The maximum absolute atomic E-state index is 12.0. The topological polar surface area (TPSA) is 88.5 Å². The van der Waals surface area contributed by atoms with Gasteiger partial charge in [-0.3, -0.25) is 9.78 Å². The van der Waals surface area contributed by atoms with Gasteiger partial charge in [0, 0.05) is 12.6 Å². The predicted octanol–water partition coefficient (Wildman–Crippen LogP) is 1.52. The highest BCUT2D eigenvalue weighted by Gasteiger charge is 2.21. The van der Waals surface area contributed by atoms with Crippen molar-refractivity contribution in [2.24, 2.45) is 0 Å². The summed E-state index contributed by atoms with van der Waals surface area (Å²) in [5, 5.41) is 11.8. The van der Waals surface area contributed by atoms with E-state index < -0.39 is 17.9 Å². The highest BCUT2D eigenvalue weighted by Crippen LogP contribution is 2.14. The smallest absolute Gasteiger partial charge is 0.326 e. The summed E-state index contributed by atoms with van der Waals surface area (Å²) in [7, 11) is 1.54. The van der Waals surface area contributed by atoms with Gasteiger partial charge in [0.2, 0.25) is 0 Å². The molecular formula is C16H16N2O4. The van der Waals surface area contributed by atoms with Crippen LogP contribution in [0, 0.1) is 0 Å². The lowest BCUT2D eigenvalue weighted by Crippen LogP contribution is -2.42. The van der Waals surface area contributed by atoms with Gasteiger partial charge in [-0.2, -0.15) is 0 Å². The number of hydrogen-bond donors (Lipinski definition) is 2. The standard InChI is InChI=1S/C16H16N2O4/c1-22-12-6-4-5-11(9-12)10-14(16(20)21)18-15(19)13-7-2-3-8-17-13/h2-9,14H,10H2,1H3,(H,18,19)(H,20,21)/t14-/m1/s1. The number of amides is 1. The summed E-state index contributed by atoms with van der Waals surface area (Å²) in [5.74, 6) is -0.985. The van der Waals surface area contributed by atoms with Crippen LogP contribution in [0.3, 0.4) is 0 Å². The minimum atomic E-state index is -1.10. The van der Waals surface area contributed by atoms with Crippen LogP contribution < -0.4 is 10.1 Å². The van der Waals surface area contributed by atoms with Crippen LogP contribution in [0.25, 0.3) is 0 Å². The van der Waals surface area contributed by atoms with E-state index in [1.165, 1.54) is 19.4 Å². The lowest BCUT2D eigenvalue weighted by Gasteiger charge is -2.14. The molecule has 6 nitrogen and oxygen atoms in total. The number of rotatable bonds is 6. The highest BCUT2D eigenvalue weighted by molar-refractivity contribution is 5.94. The molecule has 0 fully saturated rings. The van der Waals surface area contributed by atoms with E-state index in [0.717, 1.165) is 5.56 Å². The maximum atomic E-state index is 12.0. The summed E-state index contributed by atoms with van der Waals surface area (Å²) in [5.41, 5.74) is 0.937. The van der Waals surface area contributed by atoms with Crippen LogP contribution in [-0.4, -0.2) is 35.1 Å². The second kappa shape index (κ2) is 7.21. The first-order valence-corrected chi connectivity index (χ1v) is 6.68. The Balaban J connectivity index is 2.10. The van der Waals surface area contributed by atoms with Gasteiger partial charge in [0.15, 0.2) is 0 Å². The Hall–Kier alpha value is -2.89. The number of benzene rings is 1. The molecule has 0 aliphatic carbocycles. The Labute approximate surface area is 127 Å². The number of carboxylic acid groups (broad SMARTS) is 1. The van der Waals surface area contributed by atoms with E-state index in [1.807, 2.05) is 0 Å². The molecule has 0 saturated carbocycles. The number of ether oxygens (including phenoxy) is 1. The number of carboxylic acids is 1. The molecule has 0 bridgehead atoms. The van der Waals surface area contributed by atoms with Crippen LogP contribution in [-0.2, 0) is 11.2 Å². The van der Waals surface area contributed by atoms with Crippen LogP contribution in [0.5, 0.6) is 5.75 Å².